The van der Waals surface area contributed by atoms with Crippen LogP contribution in [0.3, 0.4) is 0 Å². The number of aliphatic hydroxyl groups excluding tert-OH is 1. The van der Waals surface area contributed by atoms with Crippen molar-refractivity contribution in [1.82, 2.24) is 0 Å². The van der Waals surface area contributed by atoms with Gasteiger partial charge in [-0.15, -0.1) is 0 Å². The molecule has 13 heavy (non-hydrogen) atoms. The SMILES string of the molecule is CC(=CO)C(=O)O.OP(O)(O)(Cl)Cl. The summed E-state index contributed by atoms with van der Waals surface area (Å²) in [6, 6.07) is 0. The van der Waals surface area contributed by atoms with Crippen LogP contribution in [0.4, 0.5) is 0 Å². The molecule has 0 fully saturated rings. The second kappa shape index (κ2) is 4.95. The molecule has 0 saturated heterocycles. The molecule has 9 heteroatoms. The van der Waals surface area contributed by atoms with Crippen LogP contribution >= 0.6 is 28.5 Å². The van der Waals surface area contributed by atoms with Crippen molar-refractivity contribution in [2.24, 2.45) is 0 Å². The number of carboxylic acid groups (broad SMARTS) is 1. The molecule has 0 aromatic rings. The van der Waals surface area contributed by atoms with Gasteiger partial charge >= 0.3 is 49.1 Å². The maximum atomic E-state index is 9.70. The Morgan fingerprint density at radius 3 is 1.54 bits per heavy atom. The zero-order valence-corrected chi connectivity index (χ0v) is 8.83. The summed E-state index contributed by atoms with van der Waals surface area (Å²) < 4.78 is 0. The van der Waals surface area contributed by atoms with E-state index in [1.54, 1.807) is 0 Å². The normalized spacial score (nSPS) is 14.9. The molecule has 6 nitrogen and oxygen atoms in total. The van der Waals surface area contributed by atoms with E-state index >= 15 is 0 Å². The first-order valence-electron chi connectivity index (χ1n) is 2.66. The van der Waals surface area contributed by atoms with E-state index in [4.69, 9.17) is 24.9 Å². The van der Waals surface area contributed by atoms with Gasteiger partial charge in [0.2, 0.25) is 0 Å². The van der Waals surface area contributed by atoms with Crippen molar-refractivity contribution in [3.8, 4) is 0 Å². The Labute approximate surface area is 83.4 Å². The van der Waals surface area contributed by atoms with Gasteiger partial charge in [-0.05, 0) is 6.92 Å². The molecule has 0 aromatic heterocycles. The number of aliphatic carboxylic acids is 1. The predicted molar refractivity (Wildman–Crippen MR) is 49.3 cm³/mol. The Balaban J connectivity index is 0. The first kappa shape index (κ1) is 15.4. The van der Waals surface area contributed by atoms with Crippen LogP contribution in [0, 0.1) is 0 Å². The fourth-order valence-corrected chi connectivity index (χ4v) is 0.0552. The number of carboxylic acids is 1. The van der Waals surface area contributed by atoms with Gasteiger partial charge in [0.05, 0.1) is 11.8 Å². The molecule has 0 aliphatic heterocycles. The molecule has 0 rings (SSSR count). The summed E-state index contributed by atoms with van der Waals surface area (Å²) in [5, 5.41) is 15.9. The molecule has 80 valence electrons. The summed E-state index contributed by atoms with van der Waals surface area (Å²) in [6.07, 6.45) is 0.558. The van der Waals surface area contributed by atoms with Crippen molar-refractivity contribution in [2.75, 3.05) is 0 Å². The molecule has 0 aromatic carbocycles. The van der Waals surface area contributed by atoms with Gasteiger partial charge in [-0.25, -0.2) is 4.79 Å². The van der Waals surface area contributed by atoms with Crippen LogP contribution in [-0.2, 0) is 4.79 Å². The van der Waals surface area contributed by atoms with Crippen LogP contribution in [0.2, 0.25) is 0 Å². The third-order valence-electron chi connectivity index (χ3n) is 0.531. The van der Waals surface area contributed by atoms with E-state index in [0.717, 1.165) is 0 Å². The molecule has 0 heterocycles. The Morgan fingerprint density at radius 1 is 1.31 bits per heavy atom. The summed E-state index contributed by atoms with van der Waals surface area (Å²) in [6.45, 7) is 1.31. The molecule has 5 N–H and O–H groups in total. The van der Waals surface area contributed by atoms with Gasteiger partial charge in [0, 0.05) is 0 Å². The number of hydrogen-bond acceptors (Lipinski definition) is 5. The maximum absolute atomic E-state index is 9.70. The number of aliphatic hydroxyl groups is 1. The molecule has 0 saturated carbocycles. The van der Waals surface area contributed by atoms with Gasteiger partial charge in [-0.1, -0.05) is 0 Å². The molecule has 0 aliphatic carbocycles. The summed E-state index contributed by atoms with van der Waals surface area (Å²) in [7, 11) is 0. The van der Waals surface area contributed by atoms with Crippen LogP contribution < -0.4 is 0 Å². The van der Waals surface area contributed by atoms with Gasteiger partial charge in [0.1, 0.15) is 0 Å². The van der Waals surface area contributed by atoms with Gasteiger partial charge < -0.3 is 10.2 Å². The summed E-state index contributed by atoms with van der Waals surface area (Å²) in [5.74, 6) is -6.20. The fourth-order valence-electron chi connectivity index (χ4n) is 0.0552. The van der Waals surface area contributed by atoms with Crippen molar-refractivity contribution in [2.45, 2.75) is 6.92 Å². The van der Waals surface area contributed by atoms with Gasteiger partial charge in [-0.2, -0.15) is 0 Å². The summed E-state index contributed by atoms with van der Waals surface area (Å²) >= 11 is 8.70. The van der Waals surface area contributed by atoms with Crippen molar-refractivity contribution in [3.63, 3.8) is 0 Å². The Kier molecular flexibility index (Phi) is 5.85. The minimum atomic E-state index is -5.11. The first-order valence-corrected chi connectivity index (χ1v) is 6.57. The molecule has 0 unspecified atom stereocenters. The van der Waals surface area contributed by atoms with E-state index in [-0.39, 0.29) is 5.57 Å². The number of rotatable bonds is 1. The molecule has 0 spiro atoms. The Hall–Kier alpha value is -0.100. The molecule has 0 bridgehead atoms. The average Bonchev–Trinajstić information content (AvgIpc) is 1.80. The van der Waals surface area contributed by atoms with Crippen LogP contribution in [0.5, 0.6) is 0 Å². The summed E-state index contributed by atoms with van der Waals surface area (Å²) in [5.41, 5.74) is -0.0556. The van der Waals surface area contributed by atoms with Gasteiger partial charge in [-0.3, -0.25) is 0 Å². The van der Waals surface area contributed by atoms with Gasteiger partial charge in [0.15, 0.2) is 0 Å². The van der Waals surface area contributed by atoms with Crippen molar-refractivity contribution in [3.05, 3.63) is 11.8 Å². The van der Waals surface area contributed by atoms with Gasteiger partial charge in [0.25, 0.3) is 0 Å². The first-order chi connectivity index (χ1) is 5.42. The molecule has 0 amide bonds. The average molecular weight is 255 g/mol. The molecular formula is C4H9Cl2O6P. The second-order valence-electron chi connectivity index (χ2n) is 1.90. The molecule has 0 aliphatic rings. The monoisotopic (exact) mass is 254 g/mol. The zero-order chi connectivity index (χ0) is 11.3. The standard InChI is InChI=1S/C4H6O3.Cl2H3O3P/c1-3(2-5)4(6)7;1-6(2,3,4)5/h2,5H,1H3,(H,6,7);3-5H. The molecular weight excluding hydrogens is 246 g/mol. The zero-order valence-electron chi connectivity index (χ0n) is 6.42. The predicted octanol–water partition coefficient (Wildman–Crippen LogP) is 1.10. The summed E-state index contributed by atoms with van der Waals surface area (Å²) in [4.78, 5) is 33.0. The quantitative estimate of drug-likeness (QED) is 0.272. The van der Waals surface area contributed by atoms with Crippen molar-refractivity contribution >= 4 is 34.4 Å². The van der Waals surface area contributed by atoms with E-state index in [0.29, 0.717) is 6.26 Å². The van der Waals surface area contributed by atoms with E-state index in [1.807, 2.05) is 0 Å². The van der Waals surface area contributed by atoms with Crippen molar-refractivity contribution in [1.29, 1.82) is 0 Å². The third-order valence-corrected chi connectivity index (χ3v) is 0.531. The third kappa shape index (κ3) is 33.5. The van der Waals surface area contributed by atoms with Crippen LogP contribution in [0.1, 0.15) is 6.92 Å². The topological polar surface area (TPSA) is 118 Å². The molecule has 0 atom stereocenters. The van der Waals surface area contributed by atoms with Crippen LogP contribution in [0.25, 0.3) is 0 Å². The van der Waals surface area contributed by atoms with E-state index < -0.39 is 12.0 Å². The number of halogens is 2. The molecule has 0 radical (unpaired) electrons. The van der Waals surface area contributed by atoms with E-state index in [1.165, 1.54) is 6.92 Å². The Bertz CT molecular complexity index is 199. The van der Waals surface area contributed by atoms with Crippen LogP contribution in [-0.4, -0.2) is 30.9 Å². The minimum absolute atomic E-state index is 0.0556. The number of carbonyl (C=O) groups is 1. The Morgan fingerprint density at radius 2 is 1.54 bits per heavy atom. The van der Waals surface area contributed by atoms with E-state index in [2.05, 4.69) is 22.5 Å². The van der Waals surface area contributed by atoms with Crippen LogP contribution in [0.15, 0.2) is 11.8 Å². The second-order valence-corrected chi connectivity index (χ2v) is 7.73. The van der Waals surface area contributed by atoms with Crippen molar-refractivity contribution < 1.29 is 29.7 Å². The van der Waals surface area contributed by atoms with E-state index in [9.17, 15) is 4.79 Å². The fraction of sp³-hybridized carbons (Fsp3) is 0.250. The number of hydrogen-bond donors (Lipinski definition) is 5.